The van der Waals surface area contributed by atoms with Gasteiger partial charge in [0, 0.05) is 39.1 Å². The van der Waals surface area contributed by atoms with E-state index >= 15 is 0 Å². The maximum Gasteiger partial charge on any atom is 0.155 e. The molecule has 2 aromatic heterocycles. The molecule has 3 heterocycles. The Hall–Kier alpha value is -2.64. The van der Waals surface area contributed by atoms with Crippen molar-refractivity contribution >= 4 is 0 Å². The summed E-state index contributed by atoms with van der Waals surface area (Å²) in [6, 6.07) is 8.19. The number of benzene rings is 1. The fourth-order valence-electron chi connectivity index (χ4n) is 3.54. The number of fused-ring (bicyclic) bond motifs is 1. The number of aryl methyl sites for hydroxylation is 3. The first kappa shape index (κ1) is 18.7. The van der Waals surface area contributed by atoms with Gasteiger partial charge in [-0.2, -0.15) is 5.10 Å². The van der Waals surface area contributed by atoms with Gasteiger partial charge in [-0.15, -0.1) is 0 Å². The fraction of sp³-hybridized carbons (Fsp3) is 0.429. The second-order valence-electron chi connectivity index (χ2n) is 7.45. The van der Waals surface area contributed by atoms with Gasteiger partial charge in [0.15, 0.2) is 6.10 Å². The maximum atomic E-state index is 10.6. The zero-order valence-corrected chi connectivity index (χ0v) is 16.7. The van der Waals surface area contributed by atoms with Gasteiger partial charge in [-0.05, 0) is 43.2 Å². The number of hydrogen-bond acceptors (Lipinski definition) is 5. The van der Waals surface area contributed by atoms with E-state index in [0.717, 1.165) is 37.6 Å². The number of ether oxygens (including phenoxy) is 1. The molecule has 0 spiro atoms. The molecule has 0 amide bonds. The van der Waals surface area contributed by atoms with Gasteiger partial charge < -0.3 is 14.4 Å². The summed E-state index contributed by atoms with van der Waals surface area (Å²) in [7, 11) is 1.87. The Kier molecular flexibility index (Phi) is 5.19. The summed E-state index contributed by atoms with van der Waals surface area (Å²) < 4.78 is 9.73. The number of rotatable bonds is 6. The second kappa shape index (κ2) is 7.77. The average Bonchev–Trinajstić information content (AvgIpc) is 3.30. The highest BCUT2D eigenvalue weighted by molar-refractivity contribution is 5.33. The number of aromatic nitrogens is 4. The van der Waals surface area contributed by atoms with Crippen LogP contribution in [-0.2, 0) is 20.1 Å². The summed E-state index contributed by atoms with van der Waals surface area (Å²) in [4.78, 5) is 6.59. The molecule has 0 radical (unpaired) electrons. The van der Waals surface area contributed by atoms with Gasteiger partial charge in [0.25, 0.3) is 0 Å². The van der Waals surface area contributed by atoms with Gasteiger partial charge >= 0.3 is 0 Å². The summed E-state index contributed by atoms with van der Waals surface area (Å²) in [5.41, 5.74) is 4.29. The lowest BCUT2D eigenvalue weighted by Gasteiger charge is -2.27. The first-order valence-corrected chi connectivity index (χ1v) is 9.65. The monoisotopic (exact) mass is 381 g/mol. The molecular formula is C21H27N5O2. The molecule has 0 saturated carbocycles. The van der Waals surface area contributed by atoms with Crippen LogP contribution in [-0.4, -0.2) is 49.0 Å². The fourth-order valence-corrected chi connectivity index (χ4v) is 3.54. The quantitative estimate of drug-likeness (QED) is 0.709. The summed E-state index contributed by atoms with van der Waals surface area (Å²) in [6.07, 6.45) is 2.71. The summed E-state index contributed by atoms with van der Waals surface area (Å²) in [5, 5.41) is 15.2. The molecule has 0 saturated heterocycles. The second-order valence-corrected chi connectivity index (χ2v) is 7.45. The van der Waals surface area contributed by atoms with Crippen LogP contribution in [0.1, 0.15) is 34.4 Å². The molecule has 28 heavy (non-hydrogen) atoms. The molecule has 0 fully saturated rings. The van der Waals surface area contributed by atoms with Gasteiger partial charge in [0.1, 0.15) is 18.2 Å². The molecule has 0 unspecified atom stereocenters. The van der Waals surface area contributed by atoms with Crippen molar-refractivity contribution in [1.29, 1.82) is 0 Å². The van der Waals surface area contributed by atoms with Crippen molar-refractivity contribution in [2.45, 2.75) is 33.0 Å². The van der Waals surface area contributed by atoms with Crippen LogP contribution in [0.15, 0.2) is 36.7 Å². The van der Waals surface area contributed by atoms with Crippen LogP contribution in [0.3, 0.4) is 0 Å². The molecular weight excluding hydrogens is 354 g/mol. The van der Waals surface area contributed by atoms with E-state index in [1.54, 1.807) is 6.20 Å². The van der Waals surface area contributed by atoms with Gasteiger partial charge in [-0.25, -0.2) is 4.98 Å². The Balaban J connectivity index is 1.35. The lowest BCUT2D eigenvalue weighted by Crippen LogP contribution is -2.36. The third-order valence-corrected chi connectivity index (χ3v) is 5.43. The van der Waals surface area contributed by atoms with Crippen LogP contribution in [0, 0.1) is 13.8 Å². The Morgan fingerprint density at radius 2 is 2.04 bits per heavy atom. The van der Waals surface area contributed by atoms with E-state index in [-0.39, 0.29) is 0 Å². The molecule has 1 atom stereocenters. The van der Waals surface area contributed by atoms with Gasteiger partial charge in [-0.3, -0.25) is 9.58 Å². The van der Waals surface area contributed by atoms with E-state index in [1.165, 1.54) is 11.1 Å². The normalized spacial score (nSPS) is 15.4. The molecule has 1 aliphatic heterocycles. The Morgan fingerprint density at radius 3 is 2.79 bits per heavy atom. The van der Waals surface area contributed by atoms with Crippen molar-refractivity contribution < 1.29 is 9.84 Å². The van der Waals surface area contributed by atoms with Gasteiger partial charge in [0.05, 0.1) is 17.9 Å². The SMILES string of the molecule is Cc1ccc(OCCN2CCn3nc([C@H](O)c4nccn4C)cc3C2)cc1C. The maximum absolute atomic E-state index is 10.6. The standard InChI is InChI=1S/C21H27N5O2/c1-15-4-5-18(12-16(15)2)28-11-10-25-8-9-26-17(14-25)13-19(23-26)20(27)21-22-6-7-24(21)3/h4-7,12-13,20,27H,8-11,14H2,1-3H3/t20-/m0/s1. The zero-order valence-electron chi connectivity index (χ0n) is 16.7. The van der Waals surface area contributed by atoms with Crippen molar-refractivity contribution in [3.05, 3.63) is 65.0 Å². The predicted octanol–water partition coefficient (Wildman–Crippen LogP) is 2.21. The Labute approximate surface area is 165 Å². The molecule has 3 aromatic rings. The van der Waals surface area contributed by atoms with Crippen LogP contribution in [0.4, 0.5) is 0 Å². The summed E-state index contributed by atoms with van der Waals surface area (Å²) >= 11 is 0. The summed E-state index contributed by atoms with van der Waals surface area (Å²) in [5.74, 6) is 1.53. The Bertz CT molecular complexity index is 962. The average molecular weight is 381 g/mol. The highest BCUT2D eigenvalue weighted by Gasteiger charge is 2.23. The third-order valence-electron chi connectivity index (χ3n) is 5.43. The molecule has 148 valence electrons. The smallest absolute Gasteiger partial charge is 0.155 e. The lowest BCUT2D eigenvalue weighted by atomic mass is 10.1. The predicted molar refractivity (Wildman–Crippen MR) is 106 cm³/mol. The highest BCUT2D eigenvalue weighted by atomic mass is 16.5. The van der Waals surface area contributed by atoms with Crippen molar-refractivity contribution in [1.82, 2.24) is 24.2 Å². The number of nitrogens with zero attached hydrogens (tertiary/aromatic N) is 5. The number of hydrogen-bond donors (Lipinski definition) is 1. The molecule has 7 nitrogen and oxygen atoms in total. The van der Waals surface area contributed by atoms with Crippen LogP contribution in [0.25, 0.3) is 0 Å². The molecule has 0 aliphatic carbocycles. The van der Waals surface area contributed by atoms with Gasteiger partial charge in [-0.1, -0.05) is 6.07 Å². The summed E-state index contributed by atoms with van der Waals surface area (Å²) in [6.45, 7) is 8.25. The number of aliphatic hydroxyl groups is 1. The van der Waals surface area contributed by atoms with E-state index in [0.29, 0.717) is 18.1 Å². The largest absolute Gasteiger partial charge is 0.492 e. The van der Waals surface area contributed by atoms with Crippen molar-refractivity contribution in [2.75, 3.05) is 19.7 Å². The Morgan fingerprint density at radius 1 is 1.18 bits per heavy atom. The highest BCUT2D eigenvalue weighted by Crippen LogP contribution is 2.22. The van der Waals surface area contributed by atoms with Crippen LogP contribution < -0.4 is 4.74 Å². The van der Waals surface area contributed by atoms with Crippen LogP contribution in [0.5, 0.6) is 5.75 Å². The molecule has 1 aromatic carbocycles. The van der Waals surface area contributed by atoms with Gasteiger partial charge in [0.2, 0.25) is 0 Å². The minimum atomic E-state index is -0.806. The third kappa shape index (κ3) is 3.81. The van der Waals surface area contributed by atoms with Crippen molar-refractivity contribution in [2.24, 2.45) is 7.05 Å². The van der Waals surface area contributed by atoms with Crippen LogP contribution in [0.2, 0.25) is 0 Å². The topological polar surface area (TPSA) is 68.3 Å². The minimum Gasteiger partial charge on any atom is -0.492 e. The molecule has 1 aliphatic rings. The van der Waals surface area contributed by atoms with Crippen molar-refractivity contribution in [3.8, 4) is 5.75 Å². The lowest BCUT2D eigenvalue weighted by molar-refractivity contribution is 0.171. The molecule has 7 heteroatoms. The first-order valence-electron chi connectivity index (χ1n) is 9.65. The number of aliphatic hydroxyl groups excluding tert-OH is 1. The first-order chi connectivity index (χ1) is 13.5. The van der Waals surface area contributed by atoms with E-state index in [9.17, 15) is 5.11 Å². The molecule has 4 rings (SSSR count). The number of imidazole rings is 1. The van der Waals surface area contributed by atoms with E-state index in [1.807, 2.05) is 34.6 Å². The molecule has 0 bridgehead atoms. The molecule has 1 N–H and O–H groups in total. The van der Waals surface area contributed by atoms with E-state index in [4.69, 9.17) is 4.74 Å². The van der Waals surface area contributed by atoms with E-state index in [2.05, 4.69) is 41.0 Å². The minimum absolute atomic E-state index is 0.606. The van der Waals surface area contributed by atoms with E-state index < -0.39 is 6.10 Å². The zero-order chi connectivity index (χ0) is 19.7. The van der Waals surface area contributed by atoms with Crippen molar-refractivity contribution in [3.63, 3.8) is 0 Å². The van der Waals surface area contributed by atoms with Crippen LogP contribution >= 0.6 is 0 Å².